The van der Waals surface area contributed by atoms with Gasteiger partial charge in [0, 0.05) is 0 Å². The summed E-state index contributed by atoms with van der Waals surface area (Å²) in [6.07, 6.45) is 2.18. The summed E-state index contributed by atoms with van der Waals surface area (Å²) < 4.78 is 0. The second kappa shape index (κ2) is 6.67. The zero-order valence-electron chi connectivity index (χ0n) is 9.81. The van der Waals surface area contributed by atoms with Crippen LogP contribution in [0.5, 0.6) is 0 Å². The number of carbonyl (C=O) groups is 1. The molecule has 0 aliphatic heterocycles. The number of nitrogens with two attached hydrogens (primary N) is 1. The maximum atomic E-state index is 9.71. The highest BCUT2D eigenvalue weighted by atomic mass is 16.4. The van der Waals surface area contributed by atoms with E-state index in [1.54, 1.807) is 0 Å². The summed E-state index contributed by atoms with van der Waals surface area (Å²) in [6, 6.07) is 0. The lowest BCUT2D eigenvalue weighted by Crippen LogP contribution is -2.31. The average molecular weight is 217 g/mol. The van der Waals surface area contributed by atoms with E-state index in [4.69, 9.17) is 9.90 Å². The molecule has 1 aliphatic rings. The van der Waals surface area contributed by atoms with Crippen molar-refractivity contribution in [2.24, 2.45) is 23.5 Å². The number of hydrogen-bond acceptors (Lipinski definition) is 2. The van der Waals surface area contributed by atoms with Crippen molar-refractivity contribution in [3.8, 4) is 0 Å². The first kappa shape index (κ1) is 14.2. The molecule has 4 N–H and O–H groups in total. The summed E-state index contributed by atoms with van der Waals surface area (Å²) in [4.78, 5) is 8.78. The van der Waals surface area contributed by atoms with Crippen LogP contribution >= 0.6 is 0 Å². The molecule has 1 saturated carbocycles. The Morgan fingerprint density at radius 2 is 1.87 bits per heavy atom. The minimum Gasteiger partial charge on any atom is -0.465 e. The molecule has 0 saturated heterocycles. The zero-order chi connectivity index (χ0) is 12.0. The highest BCUT2D eigenvalue weighted by Gasteiger charge is 2.28. The molecule has 0 heterocycles. The van der Waals surface area contributed by atoms with E-state index in [1.165, 1.54) is 12.8 Å². The van der Waals surface area contributed by atoms with E-state index in [9.17, 15) is 5.11 Å². The molecular formula is C11H23NO3. The molecule has 1 aliphatic carbocycles. The quantitative estimate of drug-likeness (QED) is 0.628. The average Bonchev–Trinajstić information content (AvgIpc) is 2.01. The summed E-state index contributed by atoms with van der Waals surface area (Å²) in [5.74, 6) is 1.95. The van der Waals surface area contributed by atoms with E-state index in [-0.39, 0.29) is 6.10 Å². The largest absolute Gasteiger partial charge is 0.465 e. The minimum absolute atomic E-state index is 0.0289. The van der Waals surface area contributed by atoms with Crippen molar-refractivity contribution >= 4 is 6.09 Å². The van der Waals surface area contributed by atoms with E-state index in [1.807, 2.05) is 0 Å². The molecule has 0 spiro atoms. The lowest BCUT2D eigenvalue weighted by Gasteiger charge is -2.33. The predicted molar refractivity (Wildman–Crippen MR) is 59.6 cm³/mol. The number of hydrogen-bond donors (Lipinski definition) is 3. The van der Waals surface area contributed by atoms with Crippen molar-refractivity contribution in [1.82, 2.24) is 0 Å². The van der Waals surface area contributed by atoms with Crippen LogP contribution < -0.4 is 5.73 Å². The standard InChI is InChI=1S/C10H20O.CH3NO2/c1-7(2)9-5-4-8(3)6-10(9)11;2-1(3)4/h7-11H,4-6H2,1-3H3;2H2,(H,3,4). The van der Waals surface area contributed by atoms with Gasteiger partial charge in [0.15, 0.2) is 0 Å². The van der Waals surface area contributed by atoms with Crippen molar-refractivity contribution in [2.75, 3.05) is 0 Å². The highest BCUT2D eigenvalue weighted by molar-refractivity contribution is 5.61. The maximum absolute atomic E-state index is 9.71. The molecule has 3 unspecified atom stereocenters. The Kier molecular flexibility index (Phi) is 6.32. The molecule has 90 valence electrons. The molecule has 0 aromatic heterocycles. The second-order valence-corrected chi connectivity index (χ2v) is 4.73. The van der Waals surface area contributed by atoms with E-state index in [2.05, 4.69) is 26.5 Å². The number of aliphatic hydroxyl groups excluding tert-OH is 1. The van der Waals surface area contributed by atoms with E-state index in [0.29, 0.717) is 11.8 Å². The van der Waals surface area contributed by atoms with Gasteiger partial charge >= 0.3 is 6.09 Å². The van der Waals surface area contributed by atoms with Gasteiger partial charge in [-0.25, -0.2) is 4.79 Å². The van der Waals surface area contributed by atoms with Gasteiger partial charge in [-0.1, -0.05) is 27.2 Å². The van der Waals surface area contributed by atoms with Gasteiger partial charge in [0.05, 0.1) is 6.10 Å². The molecule has 1 amide bonds. The molecule has 4 nitrogen and oxygen atoms in total. The first-order valence-electron chi connectivity index (χ1n) is 5.51. The lowest BCUT2D eigenvalue weighted by atomic mass is 9.75. The van der Waals surface area contributed by atoms with Crippen LogP contribution in [0.4, 0.5) is 4.79 Å². The summed E-state index contributed by atoms with van der Waals surface area (Å²) in [5.41, 5.74) is 4.03. The monoisotopic (exact) mass is 217 g/mol. The van der Waals surface area contributed by atoms with Crippen molar-refractivity contribution in [3.05, 3.63) is 0 Å². The van der Waals surface area contributed by atoms with Crippen molar-refractivity contribution < 1.29 is 15.0 Å². The van der Waals surface area contributed by atoms with Crippen LogP contribution in [-0.2, 0) is 0 Å². The summed E-state index contributed by atoms with van der Waals surface area (Å²) in [7, 11) is 0. The van der Waals surface area contributed by atoms with Gasteiger partial charge in [0.1, 0.15) is 0 Å². The minimum atomic E-state index is -1.33. The molecule has 1 fully saturated rings. The normalized spacial score (nSPS) is 30.6. The molecule has 0 radical (unpaired) electrons. The molecule has 0 aromatic carbocycles. The van der Waals surface area contributed by atoms with E-state index < -0.39 is 6.09 Å². The molecule has 3 atom stereocenters. The van der Waals surface area contributed by atoms with Gasteiger partial charge in [-0.05, 0) is 30.6 Å². The molecule has 0 bridgehead atoms. The fraction of sp³-hybridized carbons (Fsp3) is 0.909. The summed E-state index contributed by atoms with van der Waals surface area (Å²) >= 11 is 0. The molecule has 0 aromatic rings. The summed E-state index contributed by atoms with van der Waals surface area (Å²) in [6.45, 7) is 6.66. The third-order valence-electron chi connectivity index (χ3n) is 2.99. The van der Waals surface area contributed by atoms with Crippen LogP contribution in [-0.4, -0.2) is 22.4 Å². The van der Waals surface area contributed by atoms with Crippen LogP contribution in [0.25, 0.3) is 0 Å². The first-order valence-corrected chi connectivity index (χ1v) is 5.51. The number of aliphatic hydroxyl groups is 1. The zero-order valence-corrected chi connectivity index (χ0v) is 9.81. The molecule has 4 heteroatoms. The number of primary amides is 1. The maximum Gasteiger partial charge on any atom is 0.402 e. The number of rotatable bonds is 1. The number of carboxylic acid groups (broad SMARTS) is 1. The highest BCUT2D eigenvalue weighted by Crippen LogP contribution is 2.33. The third-order valence-corrected chi connectivity index (χ3v) is 2.99. The fourth-order valence-corrected chi connectivity index (χ4v) is 2.15. The van der Waals surface area contributed by atoms with E-state index in [0.717, 1.165) is 12.3 Å². The van der Waals surface area contributed by atoms with Gasteiger partial charge in [-0.3, -0.25) is 0 Å². The van der Waals surface area contributed by atoms with Crippen molar-refractivity contribution in [2.45, 2.75) is 46.1 Å². The Bertz CT molecular complexity index is 190. The Balaban J connectivity index is 0.000000423. The Labute approximate surface area is 91.5 Å². The Hall–Kier alpha value is -0.770. The predicted octanol–water partition coefficient (Wildman–Crippen LogP) is 2.06. The molecule has 15 heavy (non-hydrogen) atoms. The smallest absolute Gasteiger partial charge is 0.402 e. The molecule has 1 rings (SSSR count). The van der Waals surface area contributed by atoms with Crippen molar-refractivity contribution in [3.63, 3.8) is 0 Å². The van der Waals surface area contributed by atoms with Crippen LogP contribution in [0.1, 0.15) is 40.0 Å². The number of amides is 1. The van der Waals surface area contributed by atoms with Crippen LogP contribution in [0, 0.1) is 17.8 Å². The van der Waals surface area contributed by atoms with Crippen LogP contribution in [0.2, 0.25) is 0 Å². The van der Waals surface area contributed by atoms with Gasteiger partial charge in [-0.15, -0.1) is 0 Å². The van der Waals surface area contributed by atoms with E-state index >= 15 is 0 Å². The van der Waals surface area contributed by atoms with Gasteiger partial charge in [-0.2, -0.15) is 0 Å². The van der Waals surface area contributed by atoms with Gasteiger partial charge in [0.25, 0.3) is 0 Å². The summed E-state index contributed by atoms with van der Waals surface area (Å²) in [5, 5.41) is 16.9. The third kappa shape index (κ3) is 6.33. The topological polar surface area (TPSA) is 83.5 Å². The van der Waals surface area contributed by atoms with Crippen LogP contribution in [0.15, 0.2) is 0 Å². The lowest BCUT2D eigenvalue weighted by molar-refractivity contribution is 0.0266. The van der Waals surface area contributed by atoms with Gasteiger partial charge in [0.2, 0.25) is 0 Å². The first-order chi connectivity index (χ1) is 6.84. The Morgan fingerprint density at radius 3 is 2.20 bits per heavy atom. The Morgan fingerprint density at radius 1 is 1.40 bits per heavy atom. The van der Waals surface area contributed by atoms with Gasteiger partial charge < -0.3 is 15.9 Å². The fourth-order valence-electron chi connectivity index (χ4n) is 2.15. The van der Waals surface area contributed by atoms with Crippen molar-refractivity contribution in [1.29, 1.82) is 0 Å². The molecular weight excluding hydrogens is 194 g/mol. The SMILES string of the molecule is CC1CCC(C(C)C)C(O)C1.NC(=O)O. The second-order valence-electron chi connectivity index (χ2n) is 4.73. The van der Waals surface area contributed by atoms with Crippen LogP contribution in [0.3, 0.4) is 0 Å².